The summed E-state index contributed by atoms with van der Waals surface area (Å²) >= 11 is 8.21. The number of hydrogen-bond acceptors (Lipinski definition) is 6. The summed E-state index contributed by atoms with van der Waals surface area (Å²) in [5, 5.41) is 14.7. The first-order valence-corrected chi connectivity index (χ1v) is 11.8. The minimum absolute atomic E-state index is 0.108. The molecule has 30 heavy (non-hydrogen) atoms. The number of nitrogens with zero attached hydrogens (tertiary/aromatic N) is 1. The molecule has 0 bridgehead atoms. The Morgan fingerprint density at radius 3 is 2.70 bits per heavy atom. The number of nitrogens with one attached hydrogen (secondary N) is 1. The number of aliphatic hydroxyl groups excluding tert-OH is 1. The first-order valence-electron chi connectivity index (χ1n) is 9.65. The Labute approximate surface area is 190 Å². The van der Waals surface area contributed by atoms with Gasteiger partial charge in [0.15, 0.2) is 0 Å². The lowest BCUT2D eigenvalue weighted by atomic mass is 9.93. The van der Waals surface area contributed by atoms with Gasteiger partial charge in [-0.3, -0.25) is 14.5 Å². The van der Waals surface area contributed by atoms with Gasteiger partial charge in [0.2, 0.25) is 5.91 Å². The van der Waals surface area contributed by atoms with E-state index in [0.29, 0.717) is 28.6 Å². The average molecular weight is 461 g/mol. The zero-order valence-electron chi connectivity index (χ0n) is 16.7. The fourth-order valence-electron chi connectivity index (χ4n) is 3.18. The molecule has 1 atom stereocenters. The number of thiophene rings is 1. The van der Waals surface area contributed by atoms with Gasteiger partial charge in [-0.2, -0.15) is 0 Å². The third-order valence-electron chi connectivity index (χ3n) is 4.70. The smallest absolute Gasteiger partial charge is 0.266 e. The summed E-state index contributed by atoms with van der Waals surface area (Å²) in [5.74, 6) is -0.259. The molecule has 8 heteroatoms. The van der Waals surface area contributed by atoms with Crippen molar-refractivity contribution in [3.63, 3.8) is 0 Å². The van der Waals surface area contributed by atoms with E-state index in [4.69, 9.17) is 12.2 Å². The Balaban J connectivity index is 1.50. The first kappa shape index (κ1) is 22.7. The summed E-state index contributed by atoms with van der Waals surface area (Å²) in [6.07, 6.45) is 3.15. The van der Waals surface area contributed by atoms with E-state index in [1.165, 1.54) is 11.8 Å². The van der Waals surface area contributed by atoms with E-state index in [0.717, 1.165) is 10.4 Å². The largest absolute Gasteiger partial charge is 0.394 e. The molecular weight excluding hydrogens is 436 g/mol. The molecule has 158 valence electrons. The van der Waals surface area contributed by atoms with Crippen molar-refractivity contribution >= 4 is 57.5 Å². The highest BCUT2D eigenvalue weighted by molar-refractivity contribution is 8.26. The topological polar surface area (TPSA) is 69.6 Å². The highest BCUT2D eigenvalue weighted by Crippen LogP contribution is 2.33. The zero-order valence-corrected chi connectivity index (χ0v) is 19.1. The molecule has 2 aromatic rings. The van der Waals surface area contributed by atoms with Gasteiger partial charge in [0.05, 0.1) is 17.1 Å². The number of hydrogen-bond donors (Lipinski definition) is 2. The van der Waals surface area contributed by atoms with Crippen LogP contribution >= 0.6 is 35.3 Å². The molecule has 1 saturated heterocycles. The SMILES string of the molecule is C[C@](CO)(Cc1ccccc1)NC(=O)CCCN1C(=O)C(=Cc2cccs2)SC1=S. The Hall–Kier alpha value is -2.00. The summed E-state index contributed by atoms with van der Waals surface area (Å²) in [6, 6.07) is 13.6. The Bertz CT molecular complexity index is 928. The number of benzene rings is 1. The molecule has 1 fully saturated rings. The molecule has 1 aromatic heterocycles. The van der Waals surface area contributed by atoms with Crippen LogP contribution in [-0.4, -0.2) is 44.8 Å². The summed E-state index contributed by atoms with van der Waals surface area (Å²) < 4.78 is 0.521. The third kappa shape index (κ3) is 6.01. The van der Waals surface area contributed by atoms with Gasteiger partial charge in [0.1, 0.15) is 4.32 Å². The molecule has 3 rings (SSSR count). The van der Waals surface area contributed by atoms with Gasteiger partial charge in [-0.15, -0.1) is 11.3 Å². The third-order valence-corrected chi connectivity index (χ3v) is 6.90. The van der Waals surface area contributed by atoms with Crippen LogP contribution in [0, 0.1) is 0 Å². The van der Waals surface area contributed by atoms with Crippen LogP contribution in [0.15, 0.2) is 52.7 Å². The minimum atomic E-state index is -0.732. The Kier molecular flexibility index (Phi) is 7.82. The van der Waals surface area contributed by atoms with Crippen molar-refractivity contribution in [2.45, 2.75) is 31.7 Å². The van der Waals surface area contributed by atoms with E-state index in [2.05, 4.69) is 5.32 Å². The molecule has 1 aliphatic heterocycles. The van der Waals surface area contributed by atoms with E-state index in [9.17, 15) is 14.7 Å². The highest BCUT2D eigenvalue weighted by Gasteiger charge is 2.32. The summed E-state index contributed by atoms with van der Waals surface area (Å²) in [5.41, 5.74) is 0.313. The summed E-state index contributed by atoms with van der Waals surface area (Å²) in [6.45, 7) is 2.07. The van der Waals surface area contributed by atoms with Crippen molar-refractivity contribution in [3.05, 3.63) is 63.2 Å². The van der Waals surface area contributed by atoms with Crippen molar-refractivity contribution in [3.8, 4) is 0 Å². The second-order valence-corrected chi connectivity index (χ2v) is 10.0. The fourth-order valence-corrected chi connectivity index (χ4v) is 5.21. The Morgan fingerprint density at radius 2 is 2.03 bits per heavy atom. The van der Waals surface area contributed by atoms with Crippen LogP contribution in [0.25, 0.3) is 6.08 Å². The lowest BCUT2D eigenvalue weighted by Crippen LogP contribution is -2.50. The maximum absolute atomic E-state index is 12.6. The van der Waals surface area contributed by atoms with Gasteiger partial charge in [-0.05, 0) is 42.9 Å². The molecule has 2 N–H and O–H groups in total. The van der Waals surface area contributed by atoms with Gasteiger partial charge in [-0.1, -0.05) is 60.4 Å². The molecule has 0 saturated carbocycles. The van der Waals surface area contributed by atoms with Crippen LogP contribution in [-0.2, 0) is 16.0 Å². The predicted octanol–water partition coefficient (Wildman–Crippen LogP) is 3.84. The number of rotatable bonds is 9. The number of thioether (sulfide) groups is 1. The molecular formula is C22H24N2O3S3. The van der Waals surface area contributed by atoms with Crippen molar-refractivity contribution in [1.82, 2.24) is 10.2 Å². The molecule has 0 radical (unpaired) electrons. The number of carbonyl (C=O) groups excluding carboxylic acids is 2. The van der Waals surface area contributed by atoms with Crippen LogP contribution in [0.4, 0.5) is 0 Å². The van der Waals surface area contributed by atoms with Gasteiger partial charge < -0.3 is 10.4 Å². The second kappa shape index (κ2) is 10.3. The molecule has 2 heterocycles. The molecule has 2 amide bonds. The Morgan fingerprint density at radius 1 is 1.27 bits per heavy atom. The van der Waals surface area contributed by atoms with Gasteiger partial charge in [0, 0.05) is 17.8 Å². The normalized spacial score (nSPS) is 17.4. The monoisotopic (exact) mass is 460 g/mol. The standard InChI is InChI=1S/C22H24N2O3S3/c1-22(15-25,14-16-7-3-2-4-8-16)23-19(26)10-5-11-24-20(27)18(30-21(24)28)13-17-9-6-12-29-17/h2-4,6-9,12-13,25H,5,10-11,14-15H2,1H3,(H,23,26)/t22-/m1/s1. The van der Waals surface area contributed by atoms with Crippen LogP contribution in [0.3, 0.4) is 0 Å². The molecule has 0 spiro atoms. The average Bonchev–Trinajstić information content (AvgIpc) is 3.32. The van der Waals surface area contributed by atoms with Crippen molar-refractivity contribution in [1.29, 1.82) is 0 Å². The molecule has 0 unspecified atom stereocenters. The van der Waals surface area contributed by atoms with Crippen LogP contribution < -0.4 is 5.32 Å². The highest BCUT2D eigenvalue weighted by atomic mass is 32.2. The lowest BCUT2D eigenvalue weighted by molar-refractivity contribution is -0.125. The maximum Gasteiger partial charge on any atom is 0.266 e. The number of amides is 2. The second-order valence-electron chi connectivity index (χ2n) is 7.38. The maximum atomic E-state index is 12.6. The zero-order chi connectivity index (χ0) is 21.6. The van der Waals surface area contributed by atoms with E-state index >= 15 is 0 Å². The van der Waals surface area contributed by atoms with Crippen LogP contribution in [0.2, 0.25) is 0 Å². The van der Waals surface area contributed by atoms with Gasteiger partial charge in [-0.25, -0.2) is 0 Å². The molecule has 1 aromatic carbocycles. The predicted molar refractivity (Wildman–Crippen MR) is 127 cm³/mol. The van der Waals surface area contributed by atoms with Crippen molar-refractivity contribution < 1.29 is 14.7 Å². The first-order chi connectivity index (χ1) is 14.4. The van der Waals surface area contributed by atoms with Gasteiger partial charge >= 0.3 is 0 Å². The van der Waals surface area contributed by atoms with Crippen molar-refractivity contribution in [2.24, 2.45) is 0 Å². The van der Waals surface area contributed by atoms with E-state index in [-0.39, 0.29) is 24.8 Å². The molecule has 1 aliphatic rings. The summed E-state index contributed by atoms with van der Waals surface area (Å²) in [7, 11) is 0. The van der Waals surface area contributed by atoms with E-state index in [1.807, 2.05) is 60.8 Å². The minimum Gasteiger partial charge on any atom is -0.394 e. The number of carbonyl (C=O) groups is 2. The molecule has 5 nitrogen and oxygen atoms in total. The van der Waals surface area contributed by atoms with E-state index in [1.54, 1.807) is 16.2 Å². The molecule has 0 aliphatic carbocycles. The van der Waals surface area contributed by atoms with Crippen LogP contribution in [0.1, 0.15) is 30.2 Å². The van der Waals surface area contributed by atoms with Crippen LogP contribution in [0.5, 0.6) is 0 Å². The van der Waals surface area contributed by atoms with Gasteiger partial charge in [0.25, 0.3) is 5.91 Å². The quantitative estimate of drug-likeness (QED) is 0.440. The van der Waals surface area contributed by atoms with E-state index < -0.39 is 5.54 Å². The number of thiocarbonyl (C=S) groups is 1. The number of aliphatic hydroxyl groups is 1. The summed E-state index contributed by atoms with van der Waals surface area (Å²) in [4.78, 5) is 28.2. The lowest BCUT2D eigenvalue weighted by Gasteiger charge is -2.29. The van der Waals surface area contributed by atoms with Crippen molar-refractivity contribution in [2.75, 3.05) is 13.2 Å². The fraction of sp³-hybridized carbons (Fsp3) is 0.318.